The van der Waals surface area contributed by atoms with E-state index < -0.39 is 0 Å². The van der Waals surface area contributed by atoms with Gasteiger partial charge in [-0.15, -0.1) is 11.8 Å². The van der Waals surface area contributed by atoms with Crippen LogP contribution in [0.25, 0.3) is 11.3 Å². The first kappa shape index (κ1) is 14.5. The highest BCUT2D eigenvalue weighted by molar-refractivity contribution is 7.99. The first-order chi connectivity index (χ1) is 10.4. The summed E-state index contributed by atoms with van der Waals surface area (Å²) < 4.78 is 0. The van der Waals surface area contributed by atoms with Crippen molar-refractivity contribution in [3.8, 4) is 11.3 Å². The molecule has 0 radical (unpaired) electrons. The molecule has 0 spiro atoms. The van der Waals surface area contributed by atoms with E-state index in [0.29, 0.717) is 0 Å². The predicted molar refractivity (Wildman–Crippen MR) is 88.5 cm³/mol. The van der Waals surface area contributed by atoms with Gasteiger partial charge in [0.05, 0.1) is 5.69 Å². The lowest BCUT2D eigenvalue weighted by Gasteiger charge is -2.25. The highest BCUT2D eigenvalue weighted by Crippen LogP contribution is 2.22. The molecular weight excluding hydrogens is 278 g/mol. The molecule has 0 unspecified atom stereocenters. The van der Waals surface area contributed by atoms with Gasteiger partial charge in [0.1, 0.15) is 11.4 Å². The van der Waals surface area contributed by atoms with E-state index in [0.717, 1.165) is 28.6 Å². The molecule has 1 aromatic carbocycles. The standard InChI is InChI=1S/C17H21N3S/c1-3-7-15(8-4-1)16-13-17(19-14-18-16)21-12-11-20-9-5-2-6-10-20/h1,3-4,7-8,13-14H,2,5-6,9-12H2. The van der Waals surface area contributed by atoms with Crippen molar-refractivity contribution in [2.24, 2.45) is 0 Å². The lowest BCUT2D eigenvalue weighted by Crippen LogP contribution is -2.31. The molecule has 4 heteroatoms. The Morgan fingerprint density at radius 2 is 1.81 bits per heavy atom. The zero-order chi connectivity index (χ0) is 14.3. The molecule has 0 N–H and O–H groups in total. The van der Waals surface area contributed by atoms with Crippen molar-refractivity contribution < 1.29 is 0 Å². The Kier molecular flexibility index (Phi) is 5.24. The zero-order valence-corrected chi connectivity index (χ0v) is 13.1. The van der Waals surface area contributed by atoms with Crippen molar-refractivity contribution >= 4 is 11.8 Å². The Labute approximate surface area is 130 Å². The fourth-order valence-electron chi connectivity index (χ4n) is 2.65. The number of hydrogen-bond donors (Lipinski definition) is 0. The SMILES string of the molecule is c1ccc(-c2cc(SCCN3CCCCC3)ncn2)cc1. The molecule has 0 saturated carbocycles. The van der Waals surface area contributed by atoms with E-state index in [2.05, 4.69) is 33.1 Å². The van der Waals surface area contributed by atoms with Crippen LogP contribution in [-0.2, 0) is 0 Å². The Bertz CT molecular complexity index is 553. The van der Waals surface area contributed by atoms with Crippen LogP contribution in [0.2, 0.25) is 0 Å². The summed E-state index contributed by atoms with van der Waals surface area (Å²) in [6.07, 6.45) is 5.79. The van der Waals surface area contributed by atoms with Crippen molar-refractivity contribution in [1.29, 1.82) is 0 Å². The van der Waals surface area contributed by atoms with Crippen molar-refractivity contribution in [3.05, 3.63) is 42.7 Å². The molecule has 0 bridgehead atoms. The van der Waals surface area contributed by atoms with E-state index in [9.17, 15) is 0 Å². The fourth-order valence-corrected chi connectivity index (χ4v) is 3.52. The number of rotatable bonds is 5. The van der Waals surface area contributed by atoms with Crippen LogP contribution >= 0.6 is 11.8 Å². The van der Waals surface area contributed by atoms with Crippen molar-refractivity contribution in [2.45, 2.75) is 24.3 Å². The lowest BCUT2D eigenvalue weighted by atomic mass is 10.1. The summed E-state index contributed by atoms with van der Waals surface area (Å²) in [5.41, 5.74) is 2.16. The molecule has 3 rings (SSSR count). The first-order valence-electron chi connectivity index (χ1n) is 7.64. The number of hydrogen-bond acceptors (Lipinski definition) is 4. The van der Waals surface area contributed by atoms with Crippen LogP contribution < -0.4 is 0 Å². The minimum atomic E-state index is 1.01. The number of likely N-dealkylation sites (tertiary alicyclic amines) is 1. The van der Waals surface area contributed by atoms with E-state index in [4.69, 9.17) is 0 Å². The highest BCUT2D eigenvalue weighted by Gasteiger charge is 2.09. The molecule has 3 nitrogen and oxygen atoms in total. The fraction of sp³-hybridized carbons (Fsp3) is 0.412. The van der Waals surface area contributed by atoms with Gasteiger partial charge < -0.3 is 4.90 Å². The molecule has 110 valence electrons. The Morgan fingerprint density at radius 3 is 2.62 bits per heavy atom. The van der Waals surface area contributed by atoms with Gasteiger partial charge in [-0.2, -0.15) is 0 Å². The average molecular weight is 299 g/mol. The molecule has 1 aromatic heterocycles. The highest BCUT2D eigenvalue weighted by atomic mass is 32.2. The van der Waals surface area contributed by atoms with Crippen LogP contribution in [0, 0.1) is 0 Å². The van der Waals surface area contributed by atoms with E-state index in [1.165, 1.54) is 32.4 Å². The Morgan fingerprint density at radius 1 is 1.00 bits per heavy atom. The number of benzene rings is 1. The second kappa shape index (κ2) is 7.57. The van der Waals surface area contributed by atoms with Crippen LogP contribution in [0.5, 0.6) is 0 Å². The normalized spacial score (nSPS) is 16.0. The third-order valence-electron chi connectivity index (χ3n) is 3.82. The van der Waals surface area contributed by atoms with E-state index in [1.807, 2.05) is 30.0 Å². The van der Waals surface area contributed by atoms with Crippen LogP contribution in [0.15, 0.2) is 47.8 Å². The molecule has 1 saturated heterocycles. The molecule has 0 atom stereocenters. The van der Waals surface area contributed by atoms with Crippen molar-refractivity contribution in [2.75, 3.05) is 25.4 Å². The second-order valence-electron chi connectivity index (χ2n) is 5.36. The largest absolute Gasteiger partial charge is 0.303 e. The molecule has 1 aliphatic heterocycles. The molecule has 0 aliphatic carbocycles. The lowest BCUT2D eigenvalue weighted by molar-refractivity contribution is 0.242. The first-order valence-corrected chi connectivity index (χ1v) is 8.63. The minimum Gasteiger partial charge on any atom is -0.303 e. The maximum absolute atomic E-state index is 4.38. The molecule has 2 aromatic rings. The molecule has 1 aliphatic rings. The van der Waals surface area contributed by atoms with Gasteiger partial charge in [-0.25, -0.2) is 9.97 Å². The third-order valence-corrected chi connectivity index (χ3v) is 4.72. The molecule has 1 fully saturated rings. The van der Waals surface area contributed by atoms with Gasteiger partial charge in [0.2, 0.25) is 0 Å². The van der Waals surface area contributed by atoms with Gasteiger partial charge in [-0.05, 0) is 32.0 Å². The summed E-state index contributed by atoms with van der Waals surface area (Å²) in [4.78, 5) is 11.3. The van der Waals surface area contributed by atoms with Crippen molar-refractivity contribution in [1.82, 2.24) is 14.9 Å². The van der Waals surface area contributed by atoms with E-state index >= 15 is 0 Å². The van der Waals surface area contributed by atoms with E-state index in [-0.39, 0.29) is 0 Å². The summed E-state index contributed by atoms with van der Waals surface area (Å²) >= 11 is 1.83. The van der Waals surface area contributed by atoms with Crippen LogP contribution in [-0.4, -0.2) is 40.3 Å². The summed E-state index contributed by atoms with van der Waals surface area (Å²) in [6.45, 7) is 3.69. The summed E-state index contributed by atoms with van der Waals surface area (Å²) in [7, 11) is 0. The second-order valence-corrected chi connectivity index (χ2v) is 6.47. The van der Waals surface area contributed by atoms with Gasteiger partial charge in [0.25, 0.3) is 0 Å². The van der Waals surface area contributed by atoms with Crippen LogP contribution in [0.4, 0.5) is 0 Å². The Balaban J connectivity index is 1.56. The maximum atomic E-state index is 4.38. The number of piperidine rings is 1. The summed E-state index contributed by atoms with van der Waals surface area (Å²) in [5.74, 6) is 1.10. The van der Waals surface area contributed by atoms with E-state index in [1.54, 1.807) is 6.33 Å². The maximum Gasteiger partial charge on any atom is 0.117 e. The average Bonchev–Trinajstić information content (AvgIpc) is 2.57. The third kappa shape index (κ3) is 4.29. The number of thioether (sulfide) groups is 1. The van der Waals surface area contributed by atoms with Gasteiger partial charge >= 0.3 is 0 Å². The summed E-state index contributed by atoms with van der Waals surface area (Å²) in [6, 6.07) is 12.4. The molecule has 0 amide bonds. The molecule has 21 heavy (non-hydrogen) atoms. The molecular formula is C17H21N3S. The van der Waals surface area contributed by atoms with Crippen LogP contribution in [0.1, 0.15) is 19.3 Å². The number of aromatic nitrogens is 2. The smallest absolute Gasteiger partial charge is 0.117 e. The Hall–Kier alpha value is -1.39. The van der Waals surface area contributed by atoms with Crippen LogP contribution in [0.3, 0.4) is 0 Å². The quantitative estimate of drug-likeness (QED) is 0.621. The summed E-state index contributed by atoms with van der Waals surface area (Å²) in [5, 5.41) is 1.07. The molecule has 2 heterocycles. The van der Waals surface area contributed by atoms with Gasteiger partial charge in [0, 0.05) is 17.9 Å². The predicted octanol–water partition coefficient (Wildman–Crippen LogP) is 3.72. The van der Waals surface area contributed by atoms with Gasteiger partial charge in [0.15, 0.2) is 0 Å². The monoisotopic (exact) mass is 299 g/mol. The topological polar surface area (TPSA) is 29.0 Å². The van der Waals surface area contributed by atoms with Crippen molar-refractivity contribution in [3.63, 3.8) is 0 Å². The zero-order valence-electron chi connectivity index (χ0n) is 12.2. The van der Waals surface area contributed by atoms with Gasteiger partial charge in [-0.1, -0.05) is 36.8 Å². The minimum absolute atomic E-state index is 1.01. The van der Waals surface area contributed by atoms with Gasteiger partial charge in [-0.3, -0.25) is 0 Å². The number of nitrogens with zero attached hydrogens (tertiary/aromatic N) is 3.